The van der Waals surface area contributed by atoms with Crippen LogP contribution in [0.1, 0.15) is 25.7 Å². The number of aliphatic hydroxyl groups excluding tert-OH is 1. The first-order chi connectivity index (χ1) is 8.71. The van der Waals surface area contributed by atoms with Crippen molar-refractivity contribution in [3.8, 4) is 0 Å². The summed E-state index contributed by atoms with van der Waals surface area (Å²) in [5.74, 6) is 0.414. The number of carbonyl (C=O) groups excluding carboxylic acids is 1. The highest BCUT2D eigenvalue weighted by Crippen LogP contribution is 2.32. The fourth-order valence-corrected chi connectivity index (χ4v) is 2.95. The van der Waals surface area contributed by atoms with Crippen LogP contribution in [0.25, 0.3) is 0 Å². The van der Waals surface area contributed by atoms with E-state index in [1.54, 1.807) is 0 Å². The summed E-state index contributed by atoms with van der Waals surface area (Å²) in [4.78, 5) is 14.3. The fourth-order valence-electron chi connectivity index (χ4n) is 2.95. The van der Waals surface area contributed by atoms with Gasteiger partial charge in [0.2, 0.25) is 5.91 Å². The van der Waals surface area contributed by atoms with Crippen molar-refractivity contribution in [1.82, 2.24) is 10.2 Å². The van der Waals surface area contributed by atoms with E-state index in [0.29, 0.717) is 13.2 Å². The standard InChI is InChI=1S/C13H24N2O3/c1-14-13(10-16)4-2-11(3-5-13)12(17)15-6-8-18-9-7-15/h11,14,16H,2-10H2,1H3. The SMILES string of the molecule is CNC1(CO)CCC(C(=O)N2CCOCC2)CC1. The summed E-state index contributed by atoms with van der Waals surface area (Å²) < 4.78 is 5.27. The van der Waals surface area contributed by atoms with Crippen molar-refractivity contribution in [3.63, 3.8) is 0 Å². The van der Waals surface area contributed by atoms with Gasteiger partial charge >= 0.3 is 0 Å². The van der Waals surface area contributed by atoms with Crippen LogP contribution in [0.4, 0.5) is 0 Å². The molecule has 18 heavy (non-hydrogen) atoms. The van der Waals surface area contributed by atoms with E-state index in [1.807, 2.05) is 11.9 Å². The Balaban J connectivity index is 1.87. The van der Waals surface area contributed by atoms with Gasteiger partial charge < -0.3 is 20.1 Å². The molecule has 0 spiro atoms. The largest absolute Gasteiger partial charge is 0.394 e. The lowest BCUT2D eigenvalue weighted by Gasteiger charge is -2.40. The molecular formula is C13H24N2O3. The summed E-state index contributed by atoms with van der Waals surface area (Å²) in [7, 11) is 1.89. The maximum Gasteiger partial charge on any atom is 0.225 e. The molecule has 1 aliphatic carbocycles. The lowest BCUT2D eigenvalue weighted by Crippen LogP contribution is -2.51. The number of aliphatic hydroxyl groups is 1. The molecule has 0 aromatic carbocycles. The molecule has 2 fully saturated rings. The number of hydrogen-bond donors (Lipinski definition) is 2. The predicted octanol–water partition coefficient (Wildman–Crippen LogP) is -0.0141. The average Bonchev–Trinajstić information content (AvgIpc) is 2.47. The van der Waals surface area contributed by atoms with Crippen molar-refractivity contribution in [2.75, 3.05) is 40.0 Å². The smallest absolute Gasteiger partial charge is 0.225 e. The molecule has 1 aliphatic heterocycles. The molecule has 1 heterocycles. The zero-order valence-corrected chi connectivity index (χ0v) is 11.2. The maximum atomic E-state index is 12.3. The number of likely N-dealkylation sites (N-methyl/N-ethyl adjacent to an activating group) is 1. The maximum absolute atomic E-state index is 12.3. The third-order valence-corrected chi connectivity index (χ3v) is 4.45. The van der Waals surface area contributed by atoms with Crippen LogP contribution < -0.4 is 5.32 Å². The van der Waals surface area contributed by atoms with E-state index >= 15 is 0 Å². The number of rotatable bonds is 3. The zero-order valence-electron chi connectivity index (χ0n) is 11.2. The van der Waals surface area contributed by atoms with Crippen LogP contribution in [0.2, 0.25) is 0 Å². The zero-order chi connectivity index (χ0) is 13.0. The number of nitrogens with zero attached hydrogens (tertiary/aromatic N) is 1. The van der Waals surface area contributed by atoms with Gasteiger partial charge in [-0.1, -0.05) is 0 Å². The van der Waals surface area contributed by atoms with Gasteiger partial charge in [-0.2, -0.15) is 0 Å². The Kier molecular flexibility index (Phi) is 4.59. The minimum atomic E-state index is -0.165. The molecule has 0 aromatic heterocycles. The highest BCUT2D eigenvalue weighted by molar-refractivity contribution is 5.79. The van der Waals surface area contributed by atoms with Crippen molar-refractivity contribution in [3.05, 3.63) is 0 Å². The topological polar surface area (TPSA) is 61.8 Å². The van der Waals surface area contributed by atoms with Crippen molar-refractivity contribution in [2.45, 2.75) is 31.2 Å². The van der Waals surface area contributed by atoms with Crippen LogP contribution in [0.15, 0.2) is 0 Å². The van der Waals surface area contributed by atoms with Crippen LogP contribution in [0, 0.1) is 5.92 Å². The minimum absolute atomic E-state index is 0.135. The Hall–Kier alpha value is -0.650. The first-order valence-electron chi connectivity index (χ1n) is 6.87. The molecule has 104 valence electrons. The van der Waals surface area contributed by atoms with E-state index in [-0.39, 0.29) is 24.0 Å². The molecule has 0 atom stereocenters. The summed E-state index contributed by atoms with van der Waals surface area (Å²) in [6.07, 6.45) is 3.50. The molecule has 1 saturated carbocycles. The van der Waals surface area contributed by atoms with Crippen LogP contribution in [0.5, 0.6) is 0 Å². The number of nitrogens with one attached hydrogen (secondary N) is 1. The van der Waals surface area contributed by atoms with Crippen molar-refractivity contribution >= 4 is 5.91 Å². The number of carbonyl (C=O) groups is 1. The molecule has 0 aromatic rings. The quantitative estimate of drug-likeness (QED) is 0.745. The normalized spacial score (nSPS) is 33.4. The molecule has 0 radical (unpaired) electrons. The molecule has 5 nitrogen and oxygen atoms in total. The van der Waals surface area contributed by atoms with Crippen molar-refractivity contribution < 1.29 is 14.6 Å². The molecule has 0 bridgehead atoms. The molecule has 1 saturated heterocycles. The van der Waals surface area contributed by atoms with E-state index in [2.05, 4.69) is 5.32 Å². The van der Waals surface area contributed by atoms with Gasteiger partial charge in [-0.25, -0.2) is 0 Å². The third-order valence-electron chi connectivity index (χ3n) is 4.45. The molecular weight excluding hydrogens is 232 g/mol. The highest BCUT2D eigenvalue weighted by atomic mass is 16.5. The van der Waals surface area contributed by atoms with Crippen LogP contribution in [-0.2, 0) is 9.53 Å². The predicted molar refractivity (Wildman–Crippen MR) is 68.2 cm³/mol. The first-order valence-corrected chi connectivity index (χ1v) is 6.87. The molecule has 0 unspecified atom stereocenters. The van der Waals surface area contributed by atoms with Gasteiger partial charge in [-0.05, 0) is 32.7 Å². The minimum Gasteiger partial charge on any atom is -0.394 e. The van der Waals surface area contributed by atoms with Gasteiger partial charge in [-0.15, -0.1) is 0 Å². The summed E-state index contributed by atoms with van der Waals surface area (Å²) in [5, 5.41) is 12.7. The van der Waals surface area contributed by atoms with E-state index in [1.165, 1.54) is 0 Å². The van der Waals surface area contributed by atoms with Gasteiger partial charge in [0.05, 0.1) is 19.8 Å². The lowest BCUT2D eigenvalue weighted by atomic mass is 9.76. The van der Waals surface area contributed by atoms with Gasteiger partial charge in [0.25, 0.3) is 0 Å². The van der Waals surface area contributed by atoms with Crippen LogP contribution >= 0.6 is 0 Å². The van der Waals surface area contributed by atoms with E-state index in [4.69, 9.17) is 4.74 Å². The van der Waals surface area contributed by atoms with Gasteiger partial charge in [0.1, 0.15) is 0 Å². The second-order valence-electron chi connectivity index (χ2n) is 5.40. The summed E-state index contributed by atoms with van der Waals surface area (Å²) in [6.45, 7) is 2.94. The number of amides is 1. The second kappa shape index (κ2) is 5.99. The van der Waals surface area contributed by atoms with Gasteiger partial charge in [0, 0.05) is 24.5 Å². The van der Waals surface area contributed by atoms with E-state index in [9.17, 15) is 9.90 Å². The summed E-state index contributed by atoms with van der Waals surface area (Å²) in [5.41, 5.74) is -0.165. The third kappa shape index (κ3) is 2.84. The van der Waals surface area contributed by atoms with Crippen LogP contribution in [0.3, 0.4) is 0 Å². The molecule has 1 amide bonds. The number of ether oxygens (including phenoxy) is 1. The van der Waals surface area contributed by atoms with Crippen molar-refractivity contribution in [1.29, 1.82) is 0 Å². The fraction of sp³-hybridized carbons (Fsp3) is 0.923. The first kappa shape index (κ1) is 13.8. The van der Waals surface area contributed by atoms with E-state index < -0.39 is 0 Å². The Morgan fingerprint density at radius 2 is 2.00 bits per heavy atom. The van der Waals surface area contributed by atoms with Crippen molar-refractivity contribution in [2.24, 2.45) is 5.92 Å². The van der Waals surface area contributed by atoms with E-state index in [0.717, 1.165) is 38.8 Å². The second-order valence-corrected chi connectivity index (χ2v) is 5.40. The Morgan fingerprint density at radius 1 is 1.39 bits per heavy atom. The Morgan fingerprint density at radius 3 is 2.50 bits per heavy atom. The van der Waals surface area contributed by atoms with Gasteiger partial charge in [-0.3, -0.25) is 4.79 Å². The average molecular weight is 256 g/mol. The summed E-state index contributed by atoms with van der Waals surface area (Å²) >= 11 is 0. The Labute approximate surface area is 108 Å². The highest BCUT2D eigenvalue weighted by Gasteiger charge is 2.37. The summed E-state index contributed by atoms with van der Waals surface area (Å²) in [6, 6.07) is 0. The lowest BCUT2D eigenvalue weighted by molar-refractivity contribution is -0.141. The number of morpholine rings is 1. The number of hydrogen-bond acceptors (Lipinski definition) is 4. The Bertz CT molecular complexity index is 276. The monoisotopic (exact) mass is 256 g/mol. The van der Waals surface area contributed by atoms with Crippen LogP contribution in [-0.4, -0.2) is 61.4 Å². The molecule has 5 heteroatoms. The van der Waals surface area contributed by atoms with Gasteiger partial charge in [0.15, 0.2) is 0 Å². The molecule has 2 rings (SSSR count). The molecule has 2 N–H and O–H groups in total. The molecule has 2 aliphatic rings.